The van der Waals surface area contributed by atoms with Crippen LogP contribution >= 0.6 is 23.2 Å². The average molecular weight is 458 g/mol. The van der Waals surface area contributed by atoms with E-state index >= 15 is 0 Å². The Bertz CT molecular complexity index is 975. The molecule has 0 aliphatic carbocycles. The van der Waals surface area contributed by atoms with Gasteiger partial charge < -0.3 is 4.74 Å². The fourth-order valence-corrected chi connectivity index (χ4v) is 4.22. The molecule has 0 unspecified atom stereocenters. The van der Waals surface area contributed by atoms with Crippen LogP contribution in [0.25, 0.3) is 0 Å². The van der Waals surface area contributed by atoms with Gasteiger partial charge in [-0.15, -0.1) is 0 Å². The van der Waals surface area contributed by atoms with Crippen molar-refractivity contribution < 1.29 is 17.9 Å². The smallest absolute Gasteiger partial charge is 0.263 e. The second-order valence-corrected chi connectivity index (χ2v) is 8.71. The third kappa shape index (κ3) is 6.09. The summed E-state index contributed by atoms with van der Waals surface area (Å²) in [4.78, 5) is 12.5. The molecule has 0 fully saturated rings. The first kappa shape index (κ1) is 23.0. The van der Waals surface area contributed by atoms with Gasteiger partial charge in [-0.1, -0.05) is 29.3 Å². The number of nitrogens with one attached hydrogen (secondary N) is 1. The molecule has 0 spiro atoms. The number of ether oxygens (including phenoxy) is 1. The molecule has 0 radical (unpaired) electrons. The van der Waals surface area contributed by atoms with E-state index in [0.29, 0.717) is 33.7 Å². The summed E-state index contributed by atoms with van der Waals surface area (Å²) in [5.41, 5.74) is 3.09. The lowest BCUT2D eigenvalue weighted by atomic mass is 10.2. The van der Waals surface area contributed by atoms with Crippen LogP contribution in [0.2, 0.25) is 10.0 Å². The van der Waals surface area contributed by atoms with E-state index in [1.54, 1.807) is 42.5 Å². The summed E-state index contributed by atoms with van der Waals surface area (Å²) in [6.07, 6.45) is 2.33. The maximum Gasteiger partial charge on any atom is 0.263 e. The average Bonchev–Trinajstić information content (AvgIpc) is 2.64. The lowest BCUT2D eigenvalue weighted by Gasteiger charge is -2.27. The van der Waals surface area contributed by atoms with Crippen LogP contribution in [0.1, 0.15) is 19.4 Å². The number of rotatable bonds is 8. The van der Waals surface area contributed by atoms with Gasteiger partial charge in [0.15, 0.2) is 0 Å². The Labute approximate surface area is 180 Å². The number of hydrogen-bond donors (Lipinski definition) is 1. The highest BCUT2D eigenvalue weighted by molar-refractivity contribution is 7.92. The van der Waals surface area contributed by atoms with Gasteiger partial charge in [0.05, 0.1) is 34.8 Å². The molecule has 2 aromatic carbocycles. The molecule has 0 bridgehead atoms. The first-order valence-corrected chi connectivity index (χ1v) is 11.2. The Hall–Kier alpha value is -2.29. The SMILES string of the molecule is CCOc1ccc(N([C@H](C)C(=O)NN=Cc2c(Cl)cccc2Cl)S(C)(=O)=O)cc1. The molecule has 29 heavy (non-hydrogen) atoms. The number of hydrogen-bond acceptors (Lipinski definition) is 5. The van der Waals surface area contributed by atoms with E-state index in [4.69, 9.17) is 27.9 Å². The summed E-state index contributed by atoms with van der Waals surface area (Å²) in [6, 6.07) is 10.3. The molecule has 156 valence electrons. The van der Waals surface area contributed by atoms with E-state index in [-0.39, 0.29) is 0 Å². The third-order valence-electron chi connectivity index (χ3n) is 3.86. The number of halogens is 2. The predicted octanol–water partition coefficient (Wildman–Crippen LogP) is 3.70. The van der Waals surface area contributed by atoms with Gasteiger partial charge >= 0.3 is 0 Å². The highest BCUT2D eigenvalue weighted by atomic mass is 35.5. The second kappa shape index (κ2) is 9.96. The van der Waals surface area contributed by atoms with Gasteiger partial charge in [-0.2, -0.15) is 5.10 Å². The minimum absolute atomic E-state index is 0.330. The largest absolute Gasteiger partial charge is 0.494 e. The van der Waals surface area contributed by atoms with Gasteiger partial charge in [-0.25, -0.2) is 13.8 Å². The number of carbonyl (C=O) groups is 1. The predicted molar refractivity (Wildman–Crippen MR) is 117 cm³/mol. The lowest BCUT2D eigenvalue weighted by molar-refractivity contribution is -0.121. The molecule has 0 saturated heterocycles. The zero-order valence-electron chi connectivity index (χ0n) is 16.1. The lowest BCUT2D eigenvalue weighted by Crippen LogP contribution is -2.46. The number of carbonyl (C=O) groups excluding carboxylic acids is 1. The Balaban J connectivity index is 2.19. The van der Waals surface area contributed by atoms with Crippen molar-refractivity contribution in [3.8, 4) is 5.75 Å². The molecule has 0 aromatic heterocycles. The van der Waals surface area contributed by atoms with E-state index < -0.39 is 22.0 Å². The summed E-state index contributed by atoms with van der Waals surface area (Å²) in [6.45, 7) is 3.80. The molecule has 2 rings (SSSR count). The van der Waals surface area contributed by atoms with Crippen molar-refractivity contribution >= 4 is 51.0 Å². The van der Waals surface area contributed by atoms with E-state index in [1.165, 1.54) is 13.1 Å². The van der Waals surface area contributed by atoms with Crippen LogP contribution in [0.4, 0.5) is 5.69 Å². The summed E-state index contributed by atoms with van der Waals surface area (Å²) >= 11 is 12.1. The topological polar surface area (TPSA) is 88.1 Å². The highest BCUT2D eigenvalue weighted by Crippen LogP contribution is 2.24. The van der Waals surface area contributed by atoms with Crippen molar-refractivity contribution in [3.63, 3.8) is 0 Å². The second-order valence-electron chi connectivity index (χ2n) is 6.03. The molecule has 7 nitrogen and oxygen atoms in total. The number of nitrogens with zero attached hydrogens (tertiary/aromatic N) is 2. The maximum atomic E-state index is 12.5. The van der Waals surface area contributed by atoms with Crippen LogP contribution in [0, 0.1) is 0 Å². The number of anilines is 1. The minimum Gasteiger partial charge on any atom is -0.494 e. The highest BCUT2D eigenvalue weighted by Gasteiger charge is 2.29. The third-order valence-corrected chi connectivity index (χ3v) is 5.76. The van der Waals surface area contributed by atoms with Gasteiger partial charge in [-0.3, -0.25) is 9.10 Å². The van der Waals surface area contributed by atoms with Crippen molar-refractivity contribution in [2.24, 2.45) is 5.10 Å². The Morgan fingerprint density at radius 3 is 2.31 bits per heavy atom. The molecule has 1 amide bonds. The van der Waals surface area contributed by atoms with Gasteiger partial charge in [0.25, 0.3) is 5.91 Å². The Morgan fingerprint density at radius 1 is 1.21 bits per heavy atom. The van der Waals surface area contributed by atoms with Crippen LogP contribution in [0.3, 0.4) is 0 Å². The first-order chi connectivity index (χ1) is 13.6. The molecule has 0 saturated carbocycles. The van der Waals surface area contributed by atoms with Crippen molar-refractivity contribution in [2.75, 3.05) is 17.2 Å². The Morgan fingerprint density at radius 2 is 1.79 bits per heavy atom. The molecule has 2 aromatic rings. The van der Waals surface area contributed by atoms with Crippen molar-refractivity contribution in [2.45, 2.75) is 19.9 Å². The van der Waals surface area contributed by atoms with Crippen molar-refractivity contribution in [3.05, 3.63) is 58.1 Å². The van der Waals surface area contributed by atoms with Crippen LogP contribution in [-0.2, 0) is 14.8 Å². The zero-order chi connectivity index (χ0) is 21.6. The molecular formula is C19H21Cl2N3O4S. The molecule has 10 heteroatoms. The molecule has 0 aliphatic rings. The standard InChI is InChI=1S/C19H21Cl2N3O4S/c1-4-28-15-10-8-14(9-11-15)24(29(3,26)27)13(2)19(25)23-22-12-16-17(20)6-5-7-18(16)21/h5-13H,4H2,1-3H3,(H,23,25)/t13-/m1/s1. The molecular weight excluding hydrogens is 437 g/mol. The number of sulfonamides is 1. The number of amides is 1. The summed E-state index contributed by atoms with van der Waals surface area (Å²) in [7, 11) is -3.74. The molecule has 0 heterocycles. The first-order valence-electron chi connectivity index (χ1n) is 8.64. The van der Waals surface area contributed by atoms with Crippen LogP contribution in [0.5, 0.6) is 5.75 Å². The molecule has 1 N–H and O–H groups in total. The van der Waals surface area contributed by atoms with Crippen LogP contribution in [0.15, 0.2) is 47.6 Å². The summed E-state index contributed by atoms with van der Waals surface area (Å²) in [5.74, 6) is -0.0215. The fourth-order valence-electron chi connectivity index (χ4n) is 2.55. The van der Waals surface area contributed by atoms with Gasteiger partial charge in [0, 0.05) is 5.56 Å². The van der Waals surface area contributed by atoms with Crippen LogP contribution in [-0.4, -0.2) is 39.4 Å². The van der Waals surface area contributed by atoms with E-state index in [2.05, 4.69) is 10.5 Å². The Kier molecular flexibility index (Phi) is 7.89. The van der Waals surface area contributed by atoms with Crippen molar-refractivity contribution in [1.82, 2.24) is 5.43 Å². The monoisotopic (exact) mass is 457 g/mol. The van der Waals surface area contributed by atoms with E-state index in [1.807, 2.05) is 6.92 Å². The molecule has 1 atom stereocenters. The minimum atomic E-state index is -3.74. The van der Waals surface area contributed by atoms with E-state index in [9.17, 15) is 13.2 Å². The molecule has 0 aliphatic heterocycles. The van der Waals surface area contributed by atoms with Crippen LogP contribution < -0.4 is 14.5 Å². The summed E-state index contributed by atoms with van der Waals surface area (Å²) in [5, 5.41) is 4.59. The van der Waals surface area contributed by atoms with Gasteiger partial charge in [-0.05, 0) is 50.2 Å². The quantitative estimate of drug-likeness (QED) is 0.483. The van der Waals surface area contributed by atoms with Gasteiger partial charge in [0.1, 0.15) is 11.8 Å². The normalized spacial score (nSPS) is 12.6. The van der Waals surface area contributed by atoms with Crippen molar-refractivity contribution in [1.29, 1.82) is 0 Å². The fraction of sp³-hybridized carbons (Fsp3) is 0.263. The number of hydrazone groups is 1. The number of benzene rings is 2. The maximum absolute atomic E-state index is 12.5. The van der Waals surface area contributed by atoms with E-state index in [0.717, 1.165) is 10.6 Å². The summed E-state index contributed by atoms with van der Waals surface area (Å²) < 4.78 is 31.0. The zero-order valence-corrected chi connectivity index (χ0v) is 18.4. The van der Waals surface area contributed by atoms with Gasteiger partial charge in [0.2, 0.25) is 10.0 Å².